The first-order valence-electron chi connectivity index (χ1n) is 11.6. The molecular weight excluding hydrogens is 431 g/mol. The Hall–Kier alpha value is -1.07. The van der Waals surface area contributed by atoms with Gasteiger partial charge in [-0.05, 0) is 62.8 Å². The van der Waals surface area contributed by atoms with E-state index in [1.54, 1.807) is 5.57 Å². The van der Waals surface area contributed by atoms with Crippen molar-refractivity contribution in [3.63, 3.8) is 0 Å². The lowest BCUT2D eigenvalue weighted by Gasteiger charge is -2.40. The molecule has 4 rings (SSSR count). The van der Waals surface area contributed by atoms with Crippen LogP contribution in [-0.2, 0) is 4.79 Å². The second-order valence-corrected chi connectivity index (χ2v) is 9.47. The average Bonchev–Trinajstić information content (AvgIpc) is 3.46. The van der Waals surface area contributed by atoms with Gasteiger partial charge in [0.2, 0.25) is 0 Å². The van der Waals surface area contributed by atoms with Crippen molar-refractivity contribution in [1.29, 1.82) is 0 Å². The highest BCUT2D eigenvalue weighted by molar-refractivity contribution is 5.85. The van der Waals surface area contributed by atoms with Gasteiger partial charge in [0, 0.05) is 24.7 Å². The summed E-state index contributed by atoms with van der Waals surface area (Å²) < 4.78 is 0. The van der Waals surface area contributed by atoms with Crippen LogP contribution in [-0.4, -0.2) is 35.7 Å². The molecule has 3 aliphatic carbocycles. The lowest BCUT2D eigenvalue weighted by molar-refractivity contribution is -0.154. The molecule has 1 aromatic rings. The van der Waals surface area contributed by atoms with Gasteiger partial charge < -0.3 is 15.7 Å². The van der Waals surface area contributed by atoms with Crippen LogP contribution in [0.4, 0.5) is 0 Å². The molecule has 3 saturated carbocycles. The third-order valence-corrected chi connectivity index (χ3v) is 7.50. The van der Waals surface area contributed by atoms with E-state index in [1.807, 2.05) is 0 Å². The Balaban J connectivity index is 0.00000171. The Morgan fingerprint density at radius 3 is 2.29 bits per heavy atom. The smallest absolute Gasteiger partial charge is 0.310 e. The van der Waals surface area contributed by atoms with Crippen LogP contribution < -0.4 is 10.6 Å². The first-order valence-corrected chi connectivity index (χ1v) is 11.6. The number of rotatable bonds is 9. The summed E-state index contributed by atoms with van der Waals surface area (Å²) in [4.78, 5) is 11.5. The second kappa shape index (κ2) is 11.7. The van der Waals surface area contributed by atoms with E-state index in [4.69, 9.17) is 0 Å². The molecule has 0 bridgehead atoms. The topological polar surface area (TPSA) is 61.4 Å². The molecule has 0 spiro atoms. The number of aliphatic carboxylic acids is 1. The number of carboxylic acids is 1. The van der Waals surface area contributed by atoms with Crippen molar-refractivity contribution in [2.45, 2.75) is 82.8 Å². The third-order valence-electron chi connectivity index (χ3n) is 7.50. The zero-order chi connectivity index (χ0) is 20.3. The Morgan fingerprint density at radius 1 is 1.10 bits per heavy atom. The monoisotopic (exact) mass is 468 g/mol. The lowest BCUT2D eigenvalue weighted by atomic mass is 9.68. The Labute approximate surface area is 199 Å². The summed E-state index contributed by atoms with van der Waals surface area (Å²) in [6.45, 7) is 2.92. The summed E-state index contributed by atoms with van der Waals surface area (Å²) in [6.07, 6.45) is 12.2. The molecule has 0 aromatic heterocycles. The van der Waals surface area contributed by atoms with Gasteiger partial charge in [-0.1, -0.05) is 55.3 Å². The van der Waals surface area contributed by atoms with Gasteiger partial charge in [0.05, 0.1) is 5.41 Å². The van der Waals surface area contributed by atoms with E-state index in [2.05, 4.69) is 54.0 Å². The highest BCUT2D eigenvalue weighted by Crippen LogP contribution is 2.42. The van der Waals surface area contributed by atoms with Crippen molar-refractivity contribution in [3.05, 3.63) is 41.5 Å². The molecule has 4 nitrogen and oxygen atoms in total. The number of nitrogens with one attached hydrogen (secondary N) is 2. The number of carboxylic acid groups (broad SMARTS) is 1. The summed E-state index contributed by atoms with van der Waals surface area (Å²) in [5.74, 6) is 0.0896. The molecule has 0 unspecified atom stereocenters. The highest BCUT2D eigenvalue weighted by atomic mass is 35.5. The van der Waals surface area contributed by atoms with Gasteiger partial charge in [0.1, 0.15) is 0 Å². The molecule has 0 radical (unpaired) electrons. The highest BCUT2D eigenvalue weighted by Gasteiger charge is 2.44. The van der Waals surface area contributed by atoms with E-state index in [1.165, 1.54) is 24.8 Å². The summed E-state index contributed by atoms with van der Waals surface area (Å²) in [7, 11) is 0. The van der Waals surface area contributed by atoms with Crippen LogP contribution in [0.15, 0.2) is 35.9 Å². The van der Waals surface area contributed by atoms with Crippen LogP contribution in [0.5, 0.6) is 0 Å². The van der Waals surface area contributed by atoms with Crippen molar-refractivity contribution in [1.82, 2.24) is 10.6 Å². The number of halogens is 2. The van der Waals surface area contributed by atoms with Gasteiger partial charge in [-0.2, -0.15) is 0 Å². The molecule has 0 amide bonds. The van der Waals surface area contributed by atoms with Gasteiger partial charge in [0.25, 0.3) is 0 Å². The largest absolute Gasteiger partial charge is 0.481 e. The van der Waals surface area contributed by atoms with Crippen molar-refractivity contribution < 1.29 is 9.90 Å². The van der Waals surface area contributed by atoms with Crippen LogP contribution in [0, 0.1) is 11.3 Å². The third kappa shape index (κ3) is 6.47. The fourth-order valence-electron chi connectivity index (χ4n) is 5.20. The zero-order valence-corrected chi connectivity index (χ0v) is 20.1. The molecule has 0 heterocycles. The number of benzene rings is 1. The Bertz CT molecular complexity index is 728. The van der Waals surface area contributed by atoms with Crippen LogP contribution in [0.25, 0.3) is 6.08 Å². The molecule has 0 aliphatic heterocycles. The summed E-state index contributed by atoms with van der Waals surface area (Å²) in [5, 5.41) is 17.0. The SMILES string of the molecule is CC/C(=C\c1ccccc1)[C@@H]1C[C@H]1NC1CCC(NCC2(C(=O)O)CCC2)CC1.Cl.Cl. The minimum atomic E-state index is -0.610. The molecule has 3 fully saturated rings. The minimum Gasteiger partial charge on any atom is -0.481 e. The standard InChI is InChI=1S/C25H36N2O2.2ClH/c1-2-19(15-18-7-4-3-5-8-18)22-16-23(22)27-21-11-9-20(10-12-21)26-17-25(24(28)29)13-6-14-25;;/h3-5,7-8,15,20-23,26-27H,2,6,9-14,16-17H2,1H3,(H,28,29);2*1H/b19-15+;;/t20?,21?,22-,23+;;/m0../s1. The van der Waals surface area contributed by atoms with E-state index in [9.17, 15) is 9.90 Å². The molecule has 31 heavy (non-hydrogen) atoms. The lowest BCUT2D eigenvalue weighted by Crippen LogP contribution is -2.50. The van der Waals surface area contributed by atoms with Gasteiger partial charge in [-0.25, -0.2) is 0 Å². The maximum absolute atomic E-state index is 11.5. The molecule has 3 N–H and O–H groups in total. The van der Waals surface area contributed by atoms with Gasteiger partial charge >= 0.3 is 5.97 Å². The predicted octanol–water partition coefficient (Wildman–Crippen LogP) is 5.46. The molecular formula is C25H38Cl2N2O2. The van der Waals surface area contributed by atoms with E-state index in [0.29, 0.717) is 30.6 Å². The fraction of sp³-hybridized carbons (Fsp3) is 0.640. The number of hydrogen-bond donors (Lipinski definition) is 3. The van der Waals surface area contributed by atoms with Crippen molar-refractivity contribution in [3.8, 4) is 0 Å². The van der Waals surface area contributed by atoms with Crippen LogP contribution in [0.2, 0.25) is 0 Å². The summed E-state index contributed by atoms with van der Waals surface area (Å²) in [5.41, 5.74) is 2.41. The van der Waals surface area contributed by atoms with Gasteiger partial charge in [-0.15, -0.1) is 24.8 Å². The number of carbonyl (C=O) groups is 1. The summed E-state index contributed by atoms with van der Waals surface area (Å²) >= 11 is 0. The van der Waals surface area contributed by atoms with Crippen LogP contribution in [0.1, 0.15) is 70.3 Å². The maximum Gasteiger partial charge on any atom is 0.310 e. The van der Waals surface area contributed by atoms with E-state index in [0.717, 1.165) is 38.5 Å². The molecule has 1 aromatic carbocycles. The minimum absolute atomic E-state index is 0. The number of hydrogen-bond acceptors (Lipinski definition) is 3. The normalized spacial score (nSPS) is 29.1. The Morgan fingerprint density at radius 2 is 1.74 bits per heavy atom. The maximum atomic E-state index is 11.5. The Kier molecular flexibility index (Phi) is 9.88. The van der Waals surface area contributed by atoms with E-state index >= 15 is 0 Å². The predicted molar refractivity (Wildman–Crippen MR) is 132 cm³/mol. The zero-order valence-electron chi connectivity index (χ0n) is 18.5. The van der Waals surface area contributed by atoms with Gasteiger partial charge in [-0.3, -0.25) is 4.79 Å². The fourth-order valence-corrected chi connectivity index (χ4v) is 5.20. The van der Waals surface area contributed by atoms with Crippen LogP contribution >= 0.6 is 24.8 Å². The molecule has 3 aliphatic rings. The van der Waals surface area contributed by atoms with E-state index in [-0.39, 0.29) is 24.8 Å². The molecule has 2 atom stereocenters. The van der Waals surface area contributed by atoms with Gasteiger partial charge in [0.15, 0.2) is 0 Å². The second-order valence-electron chi connectivity index (χ2n) is 9.47. The van der Waals surface area contributed by atoms with Crippen molar-refractivity contribution in [2.75, 3.05) is 6.54 Å². The van der Waals surface area contributed by atoms with Crippen molar-refractivity contribution in [2.24, 2.45) is 11.3 Å². The average molecular weight is 469 g/mol. The van der Waals surface area contributed by atoms with E-state index < -0.39 is 11.4 Å². The summed E-state index contributed by atoms with van der Waals surface area (Å²) in [6, 6.07) is 12.4. The van der Waals surface area contributed by atoms with Crippen LogP contribution in [0.3, 0.4) is 0 Å². The molecule has 174 valence electrons. The first kappa shape index (κ1) is 26.2. The quantitative estimate of drug-likeness (QED) is 0.450. The first-order chi connectivity index (χ1) is 14.1. The van der Waals surface area contributed by atoms with Crippen molar-refractivity contribution >= 4 is 36.9 Å². The molecule has 6 heteroatoms. The molecule has 0 saturated heterocycles.